The number of hydrogen-bond donors (Lipinski definition) is 1. The Balaban J connectivity index is 1.77. The zero-order valence-electron chi connectivity index (χ0n) is 9.78. The standard InChI is InChI=1S/C14H19NO/c1-11(9-12-5-3-2-4-6-12)14(16)15-10-13-7-8-13/h2-6,11,13H,7-10H2,1H3,(H,15,16). The first-order valence-electron chi connectivity index (χ1n) is 6.07. The molecule has 2 heteroatoms. The van der Waals surface area contributed by atoms with Gasteiger partial charge in [0.05, 0.1) is 0 Å². The fourth-order valence-corrected chi connectivity index (χ4v) is 1.80. The van der Waals surface area contributed by atoms with Gasteiger partial charge in [-0.3, -0.25) is 4.79 Å². The Hall–Kier alpha value is -1.31. The Morgan fingerprint density at radius 1 is 1.38 bits per heavy atom. The average Bonchev–Trinajstić information content (AvgIpc) is 3.11. The van der Waals surface area contributed by atoms with E-state index in [0.717, 1.165) is 18.9 Å². The molecule has 1 aliphatic carbocycles. The molecule has 0 aromatic heterocycles. The van der Waals surface area contributed by atoms with Gasteiger partial charge in [-0.25, -0.2) is 0 Å². The summed E-state index contributed by atoms with van der Waals surface area (Å²) in [6, 6.07) is 10.2. The number of hydrogen-bond acceptors (Lipinski definition) is 1. The second-order valence-corrected chi connectivity index (χ2v) is 4.78. The van der Waals surface area contributed by atoms with Gasteiger partial charge in [0, 0.05) is 12.5 Å². The highest BCUT2D eigenvalue weighted by Gasteiger charge is 2.22. The van der Waals surface area contributed by atoms with Crippen LogP contribution in [0.1, 0.15) is 25.3 Å². The van der Waals surface area contributed by atoms with E-state index in [2.05, 4.69) is 17.4 Å². The molecule has 0 bridgehead atoms. The van der Waals surface area contributed by atoms with Gasteiger partial charge in [0.1, 0.15) is 0 Å². The number of rotatable bonds is 5. The topological polar surface area (TPSA) is 29.1 Å². The minimum absolute atomic E-state index is 0.0705. The van der Waals surface area contributed by atoms with Gasteiger partial charge in [-0.1, -0.05) is 37.3 Å². The molecule has 1 amide bonds. The van der Waals surface area contributed by atoms with Gasteiger partial charge in [0.2, 0.25) is 5.91 Å². The summed E-state index contributed by atoms with van der Waals surface area (Å²) >= 11 is 0. The largest absolute Gasteiger partial charge is 0.356 e. The molecule has 1 aromatic rings. The highest BCUT2D eigenvalue weighted by molar-refractivity contribution is 5.78. The van der Waals surface area contributed by atoms with Gasteiger partial charge in [-0.05, 0) is 30.7 Å². The van der Waals surface area contributed by atoms with Crippen molar-refractivity contribution in [3.8, 4) is 0 Å². The summed E-state index contributed by atoms with van der Waals surface area (Å²) in [6.07, 6.45) is 3.40. The summed E-state index contributed by atoms with van der Waals surface area (Å²) in [5.74, 6) is 1.02. The summed E-state index contributed by atoms with van der Waals surface area (Å²) in [7, 11) is 0. The predicted octanol–water partition coefficient (Wildman–Crippen LogP) is 2.39. The van der Waals surface area contributed by atoms with Gasteiger partial charge in [0.15, 0.2) is 0 Å². The minimum Gasteiger partial charge on any atom is -0.356 e. The molecular weight excluding hydrogens is 198 g/mol. The number of carbonyl (C=O) groups is 1. The van der Waals surface area contributed by atoms with E-state index in [1.807, 2.05) is 25.1 Å². The molecule has 0 saturated heterocycles. The first-order valence-corrected chi connectivity index (χ1v) is 6.07. The monoisotopic (exact) mass is 217 g/mol. The van der Waals surface area contributed by atoms with Crippen molar-refractivity contribution < 1.29 is 4.79 Å². The maximum absolute atomic E-state index is 11.8. The number of benzene rings is 1. The van der Waals surface area contributed by atoms with E-state index < -0.39 is 0 Å². The summed E-state index contributed by atoms with van der Waals surface area (Å²) < 4.78 is 0. The maximum atomic E-state index is 11.8. The molecule has 1 aliphatic rings. The van der Waals surface area contributed by atoms with Crippen molar-refractivity contribution in [2.45, 2.75) is 26.2 Å². The van der Waals surface area contributed by atoms with Crippen LogP contribution in [-0.4, -0.2) is 12.5 Å². The number of carbonyl (C=O) groups excluding carboxylic acids is 1. The maximum Gasteiger partial charge on any atom is 0.223 e. The van der Waals surface area contributed by atoms with Crippen LogP contribution in [0.3, 0.4) is 0 Å². The van der Waals surface area contributed by atoms with Gasteiger partial charge >= 0.3 is 0 Å². The van der Waals surface area contributed by atoms with Crippen molar-refractivity contribution in [3.05, 3.63) is 35.9 Å². The molecule has 1 aromatic carbocycles. The van der Waals surface area contributed by atoms with Gasteiger partial charge in [-0.15, -0.1) is 0 Å². The molecule has 0 aliphatic heterocycles. The molecular formula is C14H19NO. The second-order valence-electron chi connectivity index (χ2n) is 4.78. The predicted molar refractivity (Wildman–Crippen MR) is 65.0 cm³/mol. The minimum atomic E-state index is 0.0705. The van der Waals surface area contributed by atoms with Crippen molar-refractivity contribution in [2.24, 2.45) is 11.8 Å². The molecule has 86 valence electrons. The Bertz CT molecular complexity index is 343. The van der Waals surface area contributed by atoms with E-state index >= 15 is 0 Å². The van der Waals surface area contributed by atoms with Crippen LogP contribution < -0.4 is 5.32 Å². The third-order valence-electron chi connectivity index (χ3n) is 3.09. The van der Waals surface area contributed by atoms with Crippen molar-refractivity contribution in [1.82, 2.24) is 5.32 Å². The highest BCUT2D eigenvalue weighted by Crippen LogP contribution is 2.27. The highest BCUT2D eigenvalue weighted by atomic mass is 16.1. The summed E-state index contributed by atoms with van der Waals surface area (Å²) in [4.78, 5) is 11.8. The third-order valence-corrected chi connectivity index (χ3v) is 3.09. The molecule has 1 saturated carbocycles. The van der Waals surface area contributed by atoms with Crippen molar-refractivity contribution in [2.75, 3.05) is 6.54 Å². The van der Waals surface area contributed by atoms with Crippen LogP contribution in [0, 0.1) is 11.8 Å². The zero-order chi connectivity index (χ0) is 11.4. The summed E-state index contributed by atoms with van der Waals surface area (Å²) in [6.45, 7) is 2.87. The third kappa shape index (κ3) is 3.37. The molecule has 0 radical (unpaired) electrons. The lowest BCUT2D eigenvalue weighted by molar-refractivity contribution is -0.124. The molecule has 16 heavy (non-hydrogen) atoms. The van der Waals surface area contributed by atoms with Crippen LogP contribution in [0.5, 0.6) is 0 Å². The fourth-order valence-electron chi connectivity index (χ4n) is 1.80. The van der Waals surface area contributed by atoms with E-state index in [0.29, 0.717) is 0 Å². The van der Waals surface area contributed by atoms with Crippen LogP contribution in [0.4, 0.5) is 0 Å². The smallest absolute Gasteiger partial charge is 0.223 e. The zero-order valence-corrected chi connectivity index (χ0v) is 9.78. The van der Waals surface area contributed by atoms with Crippen LogP contribution in [-0.2, 0) is 11.2 Å². The average molecular weight is 217 g/mol. The Kier molecular flexibility index (Phi) is 3.60. The van der Waals surface area contributed by atoms with Crippen LogP contribution >= 0.6 is 0 Å². The Morgan fingerprint density at radius 3 is 2.69 bits per heavy atom. The van der Waals surface area contributed by atoms with Crippen molar-refractivity contribution in [3.63, 3.8) is 0 Å². The lowest BCUT2D eigenvalue weighted by Gasteiger charge is -2.11. The Labute approximate surface area is 97.1 Å². The molecule has 0 spiro atoms. The van der Waals surface area contributed by atoms with Crippen molar-refractivity contribution >= 4 is 5.91 Å². The molecule has 1 atom stereocenters. The first-order chi connectivity index (χ1) is 7.75. The fraction of sp³-hybridized carbons (Fsp3) is 0.500. The first kappa shape index (κ1) is 11.2. The van der Waals surface area contributed by atoms with E-state index in [1.165, 1.54) is 18.4 Å². The normalized spacial score (nSPS) is 16.8. The van der Waals surface area contributed by atoms with Gasteiger partial charge < -0.3 is 5.32 Å². The van der Waals surface area contributed by atoms with Crippen LogP contribution in [0.15, 0.2) is 30.3 Å². The van der Waals surface area contributed by atoms with Gasteiger partial charge in [-0.2, -0.15) is 0 Å². The summed E-state index contributed by atoms with van der Waals surface area (Å²) in [5, 5.41) is 3.03. The molecule has 1 fully saturated rings. The number of nitrogens with one attached hydrogen (secondary N) is 1. The molecule has 2 rings (SSSR count). The van der Waals surface area contributed by atoms with Gasteiger partial charge in [0.25, 0.3) is 0 Å². The molecule has 0 heterocycles. The van der Waals surface area contributed by atoms with E-state index in [9.17, 15) is 4.79 Å². The van der Waals surface area contributed by atoms with Crippen LogP contribution in [0.25, 0.3) is 0 Å². The second kappa shape index (κ2) is 5.15. The number of amides is 1. The van der Waals surface area contributed by atoms with Crippen molar-refractivity contribution in [1.29, 1.82) is 0 Å². The molecule has 1 N–H and O–H groups in total. The summed E-state index contributed by atoms with van der Waals surface area (Å²) in [5.41, 5.74) is 1.23. The quantitative estimate of drug-likeness (QED) is 0.806. The van der Waals surface area contributed by atoms with Crippen LogP contribution in [0.2, 0.25) is 0 Å². The Morgan fingerprint density at radius 2 is 2.06 bits per heavy atom. The van der Waals surface area contributed by atoms with E-state index in [1.54, 1.807) is 0 Å². The molecule has 1 unspecified atom stereocenters. The van der Waals surface area contributed by atoms with E-state index in [4.69, 9.17) is 0 Å². The lowest BCUT2D eigenvalue weighted by atomic mass is 10.0. The molecule has 2 nitrogen and oxygen atoms in total. The lowest BCUT2D eigenvalue weighted by Crippen LogP contribution is -2.31. The van der Waals surface area contributed by atoms with E-state index in [-0.39, 0.29) is 11.8 Å². The SMILES string of the molecule is CC(Cc1ccccc1)C(=O)NCC1CC1.